The lowest BCUT2D eigenvalue weighted by Gasteiger charge is -2.07. The summed E-state index contributed by atoms with van der Waals surface area (Å²) < 4.78 is 28.3. The molecule has 0 radical (unpaired) electrons. The number of benzene rings is 2. The number of nitrogens with one attached hydrogen (secondary N) is 1. The molecule has 3 aromatic rings. The third-order valence-electron chi connectivity index (χ3n) is 3.82. The number of sulfone groups is 1. The minimum Gasteiger partial charge on any atom is -0.379 e. The van der Waals surface area contributed by atoms with E-state index in [4.69, 9.17) is 16.1 Å². The van der Waals surface area contributed by atoms with Crippen LogP contribution in [0.1, 0.15) is 5.89 Å². The summed E-state index contributed by atoms with van der Waals surface area (Å²) in [7, 11) is -3.54. The molecule has 3 rings (SSSR count). The molecule has 146 valence electrons. The molecule has 0 aliphatic rings. The SMILES string of the molecule is CS(=O)(=O)c1ccc(NCCc2nc(-c3ccc(Cl)cc3)no2)c([N+](=O)[O-])c1. The Morgan fingerprint density at radius 1 is 1.21 bits per heavy atom. The van der Waals surface area contributed by atoms with Gasteiger partial charge in [0.1, 0.15) is 5.69 Å². The zero-order chi connectivity index (χ0) is 20.3. The lowest BCUT2D eigenvalue weighted by molar-refractivity contribution is -0.384. The van der Waals surface area contributed by atoms with Crippen LogP contribution in [0.2, 0.25) is 5.02 Å². The summed E-state index contributed by atoms with van der Waals surface area (Å²) in [4.78, 5) is 14.8. The lowest BCUT2D eigenvalue weighted by atomic mass is 10.2. The van der Waals surface area contributed by atoms with Crippen LogP contribution in [-0.4, -0.2) is 36.3 Å². The molecule has 0 aliphatic heterocycles. The van der Waals surface area contributed by atoms with Crippen LogP contribution < -0.4 is 5.32 Å². The molecule has 1 N–H and O–H groups in total. The minimum absolute atomic E-state index is 0.116. The predicted octanol–water partition coefficient (Wildman–Crippen LogP) is 3.36. The fourth-order valence-corrected chi connectivity index (χ4v) is 3.19. The quantitative estimate of drug-likeness (QED) is 0.453. The molecule has 0 atom stereocenters. The zero-order valence-electron chi connectivity index (χ0n) is 14.6. The Labute approximate surface area is 165 Å². The van der Waals surface area contributed by atoms with Gasteiger partial charge in [-0.3, -0.25) is 10.1 Å². The van der Waals surface area contributed by atoms with Crippen molar-refractivity contribution < 1.29 is 17.9 Å². The van der Waals surface area contributed by atoms with E-state index in [1.54, 1.807) is 24.3 Å². The smallest absolute Gasteiger partial charge is 0.293 e. The molecule has 9 nitrogen and oxygen atoms in total. The first-order valence-electron chi connectivity index (χ1n) is 8.05. The lowest BCUT2D eigenvalue weighted by Crippen LogP contribution is -2.08. The van der Waals surface area contributed by atoms with Gasteiger partial charge in [0, 0.05) is 35.9 Å². The van der Waals surface area contributed by atoms with Crippen molar-refractivity contribution in [2.24, 2.45) is 0 Å². The van der Waals surface area contributed by atoms with Crippen molar-refractivity contribution in [3.05, 3.63) is 63.5 Å². The first kappa shape index (κ1) is 19.8. The van der Waals surface area contributed by atoms with E-state index < -0.39 is 14.8 Å². The number of anilines is 1. The van der Waals surface area contributed by atoms with Crippen LogP contribution in [0, 0.1) is 10.1 Å². The zero-order valence-corrected chi connectivity index (χ0v) is 16.2. The van der Waals surface area contributed by atoms with E-state index >= 15 is 0 Å². The van der Waals surface area contributed by atoms with E-state index in [1.165, 1.54) is 12.1 Å². The Kier molecular flexibility index (Phi) is 5.61. The molecule has 0 aliphatic carbocycles. The summed E-state index contributed by atoms with van der Waals surface area (Å²) >= 11 is 5.85. The number of rotatable bonds is 7. The fraction of sp³-hybridized carbons (Fsp3) is 0.176. The first-order chi connectivity index (χ1) is 13.2. The first-order valence-corrected chi connectivity index (χ1v) is 10.3. The van der Waals surface area contributed by atoms with Gasteiger partial charge in [-0.25, -0.2) is 8.42 Å². The Morgan fingerprint density at radius 2 is 1.93 bits per heavy atom. The highest BCUT2D eigenvalue weighted by atomic mass is 35.5. The number of halogens is 1. The summed E-state index contributed by atoms with van der Waals surface area (Å²) in [6.45, 7) is 0.279. The molecule has 2 aromatic carbocycles. The number of nitro benzene ring substituents is 1. The summed E-state index contributed by atoms with van der Waals surface area (Å²) in [5, 5.41) is 18.6. The monoisotopic (exact) mass is 422 g/mol. The van der Waals surface area contributed by atoms with Crippen molar-refractivity contribution in [1.29, 1.82) is 0 Å². The van der Waals surface area contributed by atoms with Crippen LogP contribution in [0.25, 0.3) is 11.4 Å². The predicted molar refractivity (Wildman–Crippen MR) is 103 cm³/mol. The number of nitrogens with zero attached hydrogens (tertiary/aromatic N) is 3. The third-order valence-corrected chi connectivity index (χ3v) is 5.18. The van der Waals surface area contributed by atoms with E-state index in [2.05, 4.69) is 15.5 Å². The van der Waals surface area contributed by atoms with Crippen LogP contribution in [0.4, 0.5) is 11.4 Å². The van der Waals surface area contributed by atoms with E-state index in [0.717, 1.165) is 17.9 Å². The summed E-state index contributed by atoms with van der Waals surface area (Å²) in [6.07, 6.45) is 1.32. The van der Waals surface area contributed by atoms with Gasteiger partial charge in [0.05, 0.1) is 9.82 Å². The van der Waals surface area contributed by atoms with Crippen molar-refractivity contribution in [2.75, 3.05) is 18.1 Å². The molecule has 0 unspecified atom stereocenters. The van der Waals surface area contributed by atoms with E-state index in [9.17, 15) is 18.5 Å². The third kappa shape index (κ3) is 4.65. The maximum atomic E-state index is 11.6. The molecule has 0 saturated heterocycles. The van der Waals surface area contributed by atoms with Gasteiger partial charge in [-0.15, -0.1) is 0 Å². The Morgan fingerprint density at radius 3 is 2.57 bits per heavy atom. The second-order valence-electron chi connectivity index (χ2n) is 5.90. The van der Waals surface area contributed by atoms with Gasteiger partial charge in [0.25, 0.3) is 5.69 Å². The van der Waals surface area contributed by atoms with Gasteiger partial charge < -0.3 is 9.84 Å². The van der Waals surface area contributed by atoms with Gasteiger partial charge in [0.2, 0.25) is 11.7 Å². The van der Waals surface area contributed by atoms with Crippen LogP contribution in [-0.2, 0) is 16.3 Å². The molecule has 11 heteroatoms. The molecule has 1 heterocycles. The maximum Gasteiger partial charge on any atom is 0.293 e. The van der Waals surface area contributed by atoms with Crippen LogP contribution in [0.15, 0.2) is 51.9 Å². The molecule has 0 amide bonds. The number of aromatic nitrogens is 2. The standard InChI is InChI=1S/C17H15ClN4O5S/c1-28(25,26)13-6-7-14(15(10-13)22(23)24)19-9-8-16-20-17(21-27-16)11-2-4-12(18)5-3-11/h2-7,10,19H,8-9H2,1H3. The highest BCUT2D eigenvalue weighted by molar-refractivity contribution is 7.90. The van der Waals surface area contributed by atoms with Gasteiger partial charge >= 0.3 is 0 Å². The molecular weight excluding hydrogens is 408 g/mol. The number of nitro groups is 1. The van der Waals surface area contributed by atoms with Crippen molar-refractivity contribution in [3.63, 3.8) is 0 Å². The highest BCUT2D eigenvalue weighted by Crippen LogP contribution is 2.27. The Hall–Kier alpha value is -2.98. The molecule has 0 bridgehead atoms. The molecule has 0 fully saturated rings. The number of hydrogen-bond acceptors (Lipinski definition) is 8. The normalized spacial score (nSPS) is 11.4. The average molecular weight is 423 g/mol. The van der Waals surface area contributed by atoms with Crippen LogP contribution >= 0.6 is 11.6 Å². The maximum absolute atomic E-state index is 11.6. The highest BCUT2D eigenvalue weighted by Gasteiger charge is 2.18. The van der Waals surface area contributed by atoms with E-state index in [-0.39, 0.29) is 22.8 Å². The van der Waals surface area contributed by atoms with E-state index in [1.807, 2.05) is 0 Å². The second-order valence-corrected chi connectivity index (χ2v) is 8.36. The van der Waals surface area contributed by atoms with E-state index in [0.29, 0.717) is 23.2 Å². The van der Waals surface area contributed by atoms with Crippen molar-refractivity contribution in [3.8, 4) is 11.4 Å². The number of hydrogen-bond donors (Lipinski definition) is 1. The minimum atomic E-state index is -3.54. The summed E-state index contributed by atoms with van der Waals surface area (Å²) in [5.74, 6) is 0.767. The molecule has 0 saturated carbocycles. The topological polar surface area (TPSA) is 128 Å². The Balaban J connectivity index is 1.68. The molecule has 0 spiro atoms. The molecule has 28 heavy (non-hydrogen) atoms. The van der Waals surface area contributed by atoms with Gasteiger partial charge in [0.15, 0.2) is 9.84 Å². The fourth-order valence-electron chi connectivity index (χ4n) is 2.42. The van der Waals surface area contributed by atoms with Crippen molar-refractivity contribution >= 4 is 32.8 Å². The van der Waals surface area contributed by atoms with Gasteiger partial charge in [-0.2, -0.15) is 4.98 Å². The van der Waals surface area contributed by atoms with Gasteiger partial charge in [-0.05, 0) is 36.4 Å². The van der Waals surface area contributed by atoms with Crippen LogP contribution in [0.5, 0.6) is 0 Å². The largest absolute Gasteiger partial charge is 0.379 e. The van der Waals surface area contributed by atoms with Crippen LogP contribution in [0.3, 0.4) is 0 Å². The second kappa shape index (κ2) is 7.95. The summed E-state index contributed by atoms with van der Waals surface area (Å²) in [6, 6.07) is 10.7. The molecular formula is C17H15ClN4O5S. The molecule has 1 aromatic heterocycles. The average Bonchev–Trinajstić information content (AvgIpc) is 3.10. The Bertz CT molecular complexity index is 1110. The van der Waals surface area contributed by atoms with Gasteiger partial charge in [-0.1, -0.05) is 16.8 Å². The van der Waals surface area contributed by atoms with Crippen molar-refractivity contribution in [1.82, 2.24) is 10.1 Å². The summed E-state index contributed by atoms with van der Waals surface area (Å²) in [5.41, 5.74) is 0.629. The van der Waals surface area contributed by atoms with Crippen molar-refractivity contribution in [2.45, 2.75) is 11.3 Å².